The Labute approximate surface area is 800 Å². The second-order valence-corrected chi connectivity index (χ2v) is 37.1. The molecule has 8 heteroatoms. The van der Waals surface area contributed by atoms with Crippen LogP contribution in [0.2, 0.25) is 0 Å². The van der Waals surface area contributed by atoms with E-state index in [1.165, 1.54) is 202 Å². The Kier molecular flexibility index (Phi) is 16.8. The lowest BCUT2D eigenvalue weighted by Gasteiger charge is -2.14. The lowest BCUT2D eigenvalue weighted by molar-refractivity contribution is 0.668. The summed E-state index contributed by atoms with van der Waals surface area (Å²) in [6.07, 6.45) is 0. The van der Waals surface area contributed by atoms with E-state index in [0.717, 1.165) is 88.9 Å². The molecule has 31 aromatic rings. The van der Waals surface area contributed by atoms with E-state index in [1.54, 1.807) is 0 Å². The van der Waals surface area contributed by atoms with E-state index in [2.05, 4.69) is 466 Å². The summed E-state index contributed by atoms with van der Waals surface area (Å²) in [4.78, 5) is 0. The molecule has 140 heavy (non-hydrogen) atoms. The first-order chi connectivity index (χ1) is 69.5. The lowest BCUT2D eigenvalue weighted by atomic mass is 9.93. The van der Waals surface area contributed by atoms with Gasteiger partial charge in [0.05, 0.1) is 55.2 Å². The minimum absolute atomic E-state index is 0.913. The maximum Gasteiger partial charge on any atom is 0.136 e. The fraction of sp³-hybridized carbons (Fsp3) is 0. The summed E-state index contributed by atoms with van der Waals surface area (Å²) in [5, 5.41) is 27.3. The van der Waals surface area contributed by atoms with Gasteiger partial charge in [-0.2, -0.15) is 0 Å². The number of para-hydroxylation sites is 7. The van der Waals surface area contributed by atoms with Crippen molar-refractivity contribution >= 4 is 207 Å². The van der Waals surface area contributed by atoms with E-state index in [4.69, 9.17) is 13.3 Å². The first-order valence-corrected chi connectivity index (χ1v) is 48.0. The number of nitrogens with zero attached hydrogens (tertiary/aromatic N) is 5. The van der Waals surface area contributed by atoms with Crippen molar-refractivity contribution < 1.29 is 13.3 Å². The van der Waals surface area contributed by atoms with Gasteiger partial charge in [0.2, 0.25) is 0 Å². The van der Waals surface area contributed by atoms with E-state index in [9.17, 15) is 0 Å². The first kappa shape index (κ1) is 77.7. The van der Waals surface area contributed by atoms with Gasteiger partial charge in [-0.25, -0.2) is 0 Å². The van der Waals surface area contributed by atoms with Crippen LogP contribution in [0.15, 0.2) is 492 Å². The van der Waals surface area contributed by atoms with E-state index in [-0.39, 0.29) is 0 Å². The number of benzene rings is 23. The highest BCUT2D eigenvalue weighted by Crippen LogP contribution is 2.53. The van der Waals surface area contributed by atoms with Gasteiger partial charge in [-0.15, -0.1) is 0 Å². The fourth-order valence-electron chi connectivity index (χ4n) is 23.7. The molecule has 0 saturated carbocycles. The SMILES string of the molecule is c1ccc(-n2c3cc4c(cc3c3c5ccccc5ccc32)c2ccccc2n4-c2ccc(-c3cccc4oc5ccccc5c34)cc2)cc1.c1ccc(-n2c3cc4ccccc4cc3c3cc4c5ccccc5n(-c5ccc(-c6cccc7oc8ccccc8c67)cc5)c4cc32)cc1.c1ccc2c(c1)-c1cccc3ccc4c(c13)c1c-2cccc1n4-c1ccc(-c2cccc3oc4ccccc4c23)cc1. The van der Waals surface area contributed by atoms with Crippen LogP contribution >= 0.6 is 0 Å². The zero-order chi connectivity index (χ0) is 91.5. The summed E-state index contributed by atoms with van der Waals surface area (Å²) < 4.78 is 30.7. The molecule has 650 valence electrons. The number of hydrogen-bond acceptors (Lipinski definition) is 3. The van der Waals surface area contributed by atoms with Crippen molar-refractivity contribution in [3.05, 3.63) is 479 Å². The van der Waals surface area contributed by atoms with E-state index in [1.807, 2.05) is 36.4 Å². The summed E-state index contributed by atoms with van der Waals surface area (Å²) in [5.41, 5.74) is 35.6. The molecule has 0 fully saturated rings. The highest BCUT2D eigenvalue weighted by atomic mass is 16.3. The van der Waals surface area contributed by atoms with E-state index >= 15 is 0 Å². The van der Waals surface area contributed by atoms with Crippen molar-refractivity contribution in [3.8, 4) is 84.1 Å². The van der Waals surface area contributed by atoms with Crippen molar-refractivity contribution in [1.82, 2.24) is 22.8 Å². The number of furan rings is 3. The largest absolute Gasteiger partial charge is 0.456 e. The van der Waals surface area contributed by atoms with Crippen LogP contribution in [0, 0.1) is 0 Å². The molecule has 1 aliphatic carbocycles. The minimum Gasteiger partial charge on any atom is -0.456 e. The lowest BCUT2D eigenvalue weighted by Crippen LogP contribution is -1.96. The molecule has 32 rings (SSSR count). The molecule has 0 N–H and O–H groups in total. The fourth-order valence-corrected chi connectivity index (χ4v) is 23.7. The summed E-state index contributed by atoms with van der Waals surface area (Å²) in [6.45, 7) is 0. The van der Waals surface area contributed by atoms with Gasteiger partial charge >= 0.3 is 0 Å². The molecule has 0 unspecified atom stereocenters. The quantitative estimate of drug-likeness (QED) is 0.152. The van der Waals surface area contributed by atoms with E-state index < -0.39 is 0 Å². The normalized spacial score (nSPS) is 12.1. The Bertz CT molecular complexity index is 10600. The van der Waals surface area contributed by atoms with Crippen LogP contribution in [0.1, 0.15) is 0 Å². The Morgan fingerprint density at radius 1 is 0.121 bits per heavy atom. The van der Waals surface area contributed by atoms with Crippen molar-refractivity contribution in [2.45, 2.75) is 0 Å². The van der Waals surface area contributed by atoms with Crippen LogP contribution in [0.4, 0.5) is 0 Å². The average Bonchev–Trinajstić information content (AvgIpc) is 1.38. The van der Waals surface area contributed by atoms with Crippen LogP contribution < -0.4 is 0 Å². The van der Waals surface area contributed by atoms with Crippen molar-refractivity contribution in [2.75, 3.05) is 0 Å². The van der Waals surface area contributed by atoms with Gasteiger partial charge in [0.15, 0.2) is 0 Å². The zero-order valence-electron chi connectivity index (χ0n) is 75.6. The Morgan fingerprint density at radius 2 is 0.421 bits per heavy atom. The van der Waals surface area contributed by atoms with Crippen molar-refractivity contribution in [3.63, 3.8) is 0 Å². The Balaban J connectivity index is 0.0000000991. The standard InChI is InChI=1S/2C46H28N2O.C40H23NO/c1-2-13-32(14-3-1)48-41-26-31-12-5-4-11-30(31)25-37(41)39-27-38-35-15-6-8-18-40(35)47(42(38)28-43(39)48)33-23-21-29(22-24-33)34-17-10-20-45-46(34)36-16-7-9-19-44(36)49-45;1-2-12-31(13-3-1)48-40-26-23-29-11-4-5-14-33(29)45(40)38-27-37-35-15-6-8-18-39(35)47(41(37)28-42(38)48)32-24-21-30(22-25-32)34-17-10-20-44-46(34)36-16-7-9-19-43(36)49-44;1-2-10-29-28(9-1)30-13-5-8-25-20-23-34-40(37(25)30)39-31(29)14-6-15-33(39)41(34)26-21-18-24(19-22-26)27-12-7-17-36-38(27)32-11-3-4-16-35(32)42-36/h2*1-28H;1-23H. The molecule has 1 aliphatic rings. The Hall–Kier alpha value is -18.8. The van der Waals surface area contributed by atoms with Crippen molar-refractivity contribution in [2.24, 2.45) is 0 Å². The van der Waals surface area contributed by atoms with Gasteiger partial charge < -0.3 is 36.1 Å². The summed E-state index contributed by atoms with van der Waals surface area (Å²) in [5.74, 6) is 0. The van der Waals surface area contributed by atoms with Gasteiger partial charge in [-0.3, -0.25) is 0 Å². The van der Waals surface area contributed by atoms with Crippen LogP contribution in [-0.2, 0) is 0 Å². The molecule has 0 radical (unpaired) electrons. The monoisotopic (exact) mass is 1780 g/mol. The number of aromatic nitrogens is 5. The highest BCUT2D eigenvalue weighted by Gasteiger charge is 2.29. The molecule has 23 aromatic carbocycles. The molecule has 0 bridgehead atoms. The van der Waals surface area contributed by atoms with Crippen LogP contribution in [0.25, 0.3) is 291 Å². The smallest absolute Gasteiger partial charge is 0.136 e. The van der Waals surface area contributed by atoms with Crippen LogP contribution in [-0.4, -0.2) is 22.8 Å². The zero-order valence-corrected chi connectivity index (χ0v) is 75.6. The summed E-state index contributed by atoms with van der Waals surface area (Å²) >= 11 is 0. The second-order valence-electron chi connectivity index (χ2n) is 37.1. The molecular weight excluding hydrogens is 1700 g/mol. The second kappa shape index (κ2) is 30.4. The number of fused-ring (bicyclic) bond motifs is 27. The van der Waals surface area contributed by atoms with Gasteiger partial charge in [0.1, 0.15) is 33.5 Å². The van der Waals surface area contributed by atoms with Crippen molar-refractivity contribution in [1.29, 1.82) is 0 Å². The molecule has 0 atom stereocenters. The molecule has 8 nitrogen and oxygen atoms in total. The molecule has 0 aliphatic heterocycles. The topological polar surface area (TPSA) is 64.1 Å². The molecule has 8 heterocycles. The van der Waals surface area contributed by atoms with Gasteiger partial charge in [-0.05, 0) is 252 Å². The first-order valence-electron chi connectivity index (χ1n) is 48.0. The number of hydrogen-bond donors (Lipinski definition) is 0. The third-order valence-electron chi connectivity index (χ3n) is 29.7. The predicted octanol–water partition coefficient (Wildman–Crippen LogP) is 36.4. The van der Waals surface area contributed by atoms with Crippen LogP contribution in [0.3, 0.4) is 0 Å². The third kappa shape index (κ3) is 11.6. The average molecular weight is 1780 g/mol. The number of rotatable bonds is 8. The molecule has 0 spiro atoms. The molecule has 0 saturated heterocycles. The van der Waals surface area contributed by atoms with E-state index in [0.29, 0.717) is 0 Å². The highest BCUT2D eigenvalue weighted by molar-refractivity contribution is 6.32. The third-order valence-corrected chi connectivity index (χ3v) is 29.7. The minimum atomic E-state index is 0.913. The maximum atomic E-state index is 6.21. The molecule has 8 aromatic heterocycles. The molecular formula is C132H79N5O3. The molecule has 0 amide bonds. The van der Waals surface area contributed by atoms with Gasteiger partial charge in [-0.1, -0.05) is 315 Å². The van der Waals surface area contributed by atoms with Gasteiger partial charge in [0, 0.05) is 115 Å². The van der Waals surface area contributed by atoms with Gasteiger partial charge in [0.25, 0.3) is 0 Å². The maximum absolute atomic E-state index is 6.21. The summed E-state index contributed by atoms with van der Waals surface area (Å²) in [6, 6.07) is 173. The summed E-state index contributed by atoms with van der Waals surface area (Å²) in [7, 11) is 0. The Morgan fingerprint density at radius 3 is 0.929 bits per heavy atom. The van der Waals surface area contributed by atoms with Crippen LogP contribution in [0.5, 0.6) is 0 Å². The predicted molar refractivity (Wildman–Crippen MR) is 586 cm³/mol.